The molecule has 2 heterocycles. The number of halogens is 1. The number of nitrogens with zero attached hydrogens (tertiary/aromatic N) is 1. The second kappa shape index (κ2) is 8.59. The molecule has 6 atom stereocenters. The van der Waals surface area contributed by atoms with Crippen molar-refractivity contribution in [1.29, 1.82) is 0 Å². The summed E-state index contributed by atoms with van der Waals surface area (Å²) < 4.78 is 64.3. The topological polar surface area (TPSA) is 244 Å². The molecule has 1 fully saturated rings. The molecular weight excluding hydrogens is 472 g/mol. The van der Waals surface area contributed by atoms with E-state index >= 15 is 0 Å². The Morgan fingerprint density at radius 3 is 2.31 bits per heavy atom. The minimum atomic E-state index is -5.76. The van der Waals surface area contributed by atoms with Crippen molar-refractivity contribution >= 4 is 23.5 Å². The first-order chi connectivity index (χ1) is 13.1. The van der Waals surface area contributed by atoms with Gasteiger partial charge in [0.2, 0.25) is 0 Å². The van der Waals surface area contributed by atoms with E-state index in [0.29, 0.717) is 4.57 Å². The summed E-state index contributed by atoms with van der Waals surface area (Å²) in [4.78, 5) is 59.7. The van der Waals surface area contributed by atoms with Crippen LogP contribution in [0.25, 0.3) is 0 Å². The Labute approximate surface area is 158 Å². The molecule has 2 unspecified atom stereocenters. The lowest BCUT2D eigenvalue weighted by atomic mass is 10.1. The smallest absolute Gasteiger partial charge is 0.385 e. The van der Waals surface area contributed by atoms with Crippen LogP contribution in [0.3, 0.4) is 0 Å². The summed E-state index contributed by atoms with van der Waals surface area (Å²) in [6.45, 7) is -1.17. The van der Waals surface area contributed by atoms with Crippen molar-refractivity contribution < 1.29 is 60.6 Å². The van der Waals surface area contributed by atoms with Gasteiger partial charge in [-0.15, -0.1) is 0 Å². The zero-order valence-corrected chi connectivity index (χ0v) is 16.4. The molecular formula is C9H14FN2O14P3. The number of aliphatic hydroxyl groups is 1. The normalized spacial score (nSPS) is 29.3. The number of aliphatic hydroxyl groups excluding tert-OH is 1. The number of phosphoric ester groups is 1. The lowest BCUT2D eigenvalue weighted by Gasteiger charge is -2.18. The van der Waals surface area contributed by atoms with Gasteiger partial charge < -0.3 is 29.4 Å². The molecule has 6 N–H and O–H groups in total. The van der Waals surface area contributed by atoms with E-state index in [4.69, 9.17) is 19.4 Å². The number of aromatic amines is 1. The molecule has 0 aliphatic carbocycles. The molecule has 2 rings (SSSR count). The number of hydrogen-bond acceptors (Lipinski definition) is 10. The van der Waals surface area contributed by atoms with Crippen molar-refractivity contribution in [2.45, 2.75) is 24.6 Å². The van der Waals surface area contributed by atoms with Crippen molar-refractivity contribution in [3.63, 3.8) is 0 Å². The maximum atomic E-state index is 14.2. The minimum absolute atomic E-state index is 0.628. The largest absolute Gasteiger partial charge is 0.490 e. The van der Waals surface area contributed by atoms with Crippen LogP contribution in [0.4, 0.5) is 4.39 Å². The van der Waals surface area contributed by atoms with Crippen LogP contribution in [0.15, 0.2) is 21.9 Å². The van der Waals surface area contributed by atoms with E-state index in [-0.39, 0.29) is 0 Å². The maximum absolute atomic E-state index is 14.2. The molecule has 16 nitrogen and oxygen atoms in total. The zero-order chi connectivity index (χ0) is 22.2. The van der Waals surface area contributed by atoms with Crippen LogP contribution in [-0.2, 0) is 31.6 Å². The average Bonchev–Trinajstić information content (AvgIpc) is 2.78. The number of ether oxygens (including phenoxy) is 1. The predicted molar refractivity (Wildman–Crippen MR) is 86.0 cm³/mol. The molecule has 0 saturated carbocycles. The fourth-order valence-electron chi connectivity index (χ4n) is 2.17. The standard InChI is InChI=1S/C9H14FN2O14P3/c10-6-4(3-23-28(19,20)26-29(21,22)25-27(16,17)18)24-8(7(6)14)12-2-1-5(13)11-9(12)15/h1-2,4,6-8,14H,3H2,(H,19,20)(H,21,22)(H,11,13,15)(H2,16,17,18)/t4-,6-,7-,8-/m0/s1. The fourth-order valence-corrected chi connectivity index (χ4v) is 5.20. The van der Waals surface area contributed by atoms with Crippen LogP contribution in [0, 0.1) is 0 Å². The lowest BCUT2D eigenvalue weighted by molar-refractivity contribution is -0.0531. The highest BCUT2D eigenvalue weighted by molar-refractivity contribution is 7.66. The van der Waals surface area contributed by atoms with Gasteiger partial charge in [-0.1, -0.05) is 0 Å². The van der Waals surface area contributed by atoms with Gasteiger partial charge in [0.25, 0.3) is 5.56 Å². The Bertz CT molecular complexity index is 1000. The van der Waals surface area contributed by atoms with Crippen LogP contribution < -0.4 is 11.2 Å². The van der Waals surface area contributed by atoms with Crippen LogP contribution in [0.5, 0.6) is 0 Å². The van der Waals surface area contributed by atoms with Gasteiger partial charge in [-0.05, 0) is 0 Å². The molecule has 1 aromatic heterocycles. The molecule has 1 aliphatic heterocycles. The van der Waals surface area contributed by atoms with Gasteiger partial charge in [-0.25, -0.2) is 22.9 Å². The number of rotatable bonds is 8. The number of aromatic nitrogens is 2. The first-order valence-corrected chi connectivity index (χ1v) is 11.7. The molecule has 1 aromatic rings. The molecule has 166 valence electrons. The molecule has 0 amide bonds. The van der Waals surface area contributed by atoms with Gasteiger partial charge in [0.1, 0.15) is 12.2 Å². The summed E-state index contributed by atoms with van der Waals surface area (Å²) in [5.41, 5.74) is -1.83. The molecule has 0 bridgehead atoms. The molecule has 0 radical (unpaired) electrons. The van der Waals surface area contributed by atoms with Crippen molar-refractivity contribution in [2.75, 3.05) is 6.61 Å². The molecule has 1 saturated heterocycles. The fraction of sp³-hybridized carbons (Fsp3) is 0.556. The molecule has 0 spiro atoms. The third-order valence-corrected chi connectivity index (χ3v) is 7.03. The molecule has 29 heavy (non-hydrogen) atoms. The second-order valence-electron chi connectivity index (χ2n) is 5.40. The van der Waals surface area contributed by atoms with Crippen molar-refractivity contribution in [3.8, 4) is 0 Å². The monoisotopic (exact) mass is 486 g/mol. The number of alkyl halides is 1. The quantitative estimate of drug-likeness (QED) is 0.229. The third-order valence-electron chi connectivity index (χ3n) is 3.23. The summed E-state index contributed by atoms with van der Waals surface area (Å²) in [6.07, 6.45) is -6.83. The van der Waals surface area contributed by atoms with Crippen LogP contribution in [-0.4, -0.2) is 59.2 Å². The summed E-state index contributed by atoms with van der Waals surface area (Å²) in [6, 6.07) is 0.879. The Morgan fingerprint density at radius 2 is 1.76 bits per heavy atom. The third kappa shape index (κ3) is 6.72. The van der Waals surface area contributed by atoms with Gasteiger partial charge in [0.05, 0.1) is 6.61 Å². The summed E-state index contributed by atoms with van der Waals surface area (Å²) in [5.74, 6) is 0. The second-order valence-corrected chi connectivity index (χ2v) is 9.82. The van der Waals surface area contributed by atoms with Crippen molar-refractivity contribution in [2.24, 2.45) is 0 Å². The molecule has 20 heteroatoms. The summed E-state index contributed by atoms with van der Waals surface area (Å²) in [7, 11) is -16.9. The van der Waals surface area contributed by atoms with E-state index in [0.717, 1.165) is 12.3 Å². The van der Waals surface area contributed by atoms with Crippen molar-refractivity contribution in [3.05, 3.63) is 33.1 Å². The van der Waals surface area contributed by atoms with Gasteiger partial charge >= 0.3 is 29.2 Å². The number of nitrogens with one attached hydrogen (secondary N) is 1. The summed E-state index contributed by atoms with van der Waals surface area (Å²) in [5, 5.41) is 9.86. The number of H-pyrrole nitrogens is 1. The first kappa shape index (κ1) is 24.2. The van der Waals surface area contributed by atoms with E-state index in [1.807, 2.05) is 4.98 Å². The van der Waals surface area contributed by atoms with Crippen LogP contribution >= 0.6 is 23.5 Å². The highest BCUT2D eigenvalue weighted by Gasteiger charge is 2.47. The Hall–Kier alpha value is -1.06. The van der Waals surface area contributed by atoms with Gasteiger partial charge in [-0.3, -0.25) is 18.9 Å². The predicted octanol–water partition coefficient (Wildman–Crippen LogP) is -1.52. The van der Waals surface area contributed by atoms with Crippen LogP contribution in [0.1, 0.15) is 6.23 Å². The zero-order valence-electron chi connectivity index (χ0n) is 13.7. The highest BCUT2D eigenvalue weighted by Crippen LogP contribution is 2.66. The number of phosphoric acid groups is 3. The Kier molecular flexibility index (Phi) is 7.17. The number of hydrogen-bond donors (Lipinski definition) is 6. The van der Waals surface area contributed by atoms with Gasteiger partial charge in [0.15, 0.2) is 12.4 Å². The maximum Gasteiger partial charge on any atom is 0.490 e. The summed E-state index contributed by atoms with van der Waals surface area (Å²) >= 11 is 0. The van der Waals surface area contributed by atoms with E-state index < -0.39 is 65.9 Å². The highest BCUT2D eigenvalue weighted by atomic mass is 31.3. The van der Waals surface area contributed by atoms with Crippen molar-refractivity contribution in [1.82, 2.24) is 9.55 Å². The molecule has 1 aliphatic rings. The lowest BCUT2D eigenvalue weighted by Crippen LogP contribution is -2.36. The minimum Gasteiger partial charge on any atom is -0.385 e. The SMILES string of the molecule is O=c1ccn([C@H]2O[C@@H](COP(=O)(O)OP(=O)(O)OP(=O)(O)O)[C@H](F)[C@@H]2O)c(=O)[nH]1. The first-order valence-electron chi connectivity index (χ1n) is 7.18. The van der Waals surface area contributed by atoms with Gasteiger partial charge in [-0.2, -0.15) is 8.62 Å². The van der Waals surface area contributed by atoms with E-state index in [1.54, 1.807) is 0 Å². The average molecular weight is 486 g/mol. The van der Waals surface area contributed by atoms with Gasteiger partial charge in [0, 0.05) is 12.3 Å². The van der Waals surface area contributed by atoms with E-state index in [1.165, 1.54) is 0 Å². The van der Waals surface area contributed by atoms with E-state index in [9.17, 15) is 37.7 Å². The van der Waals surface area contributed by atoms with E-state index in [2.05, 4.69) is 13.1 Å². The Morgan fingerprint density at radius 1 is 1.14 bits per heavy atom. The Balaban J connectivity index is 2.06. The molecule has 0 aromatic carbocycles. The van der Waals surface area contributed by atoms with Crippen LogP contribution in [0.2, 0.25) is 0 Å².